The van der Waals surface area contributed by atoms with E-state index in [-0.39, 0.29) is 23.8 Å². The Bertz CT molecular complexity index is 441. The van der Waals surface area contributed by atoms with Crippen LogP contribution in [-0.4, -0.2) is 33.8 Å². The quantitative estimate of drug-likeness (QED) is 0.782. The Kier molecular flexibility index (Phi) is 3.52. The summed E-state index contributed by atoms with van der Waals surface area (Å²) in [5.41, 5.74) is 0. The molecule has 0 aromatic heterocycles. The maximum Gasteiger partial charge on any atom is 0.307 e. The van der Waals surface area contributed by atoms with Crippen molar-refractivity contribution in [2.45, 2.75) is 57.4 Å². The first-order valence-electron chi connectivity index (χ1n) is 7.71. The highest BCUT2D eigenvalue weighted by Gasteiger charge is 2.55. The van der Waals surface area contributed by atoms with E-state index in [9.17, 15) is 19.5 Å². The second-order valence-corrected chi connectivity index (χ2v) is 6.35. The minimum Gasteiger partial charge on any atom is -0.481 e. The standard InChI is InChI=1S/C15H21NO4/c17-13-10-7-4-8-11(15(19)20)12(10)14(18)16(13)9-5-2-1-3-6-9/h9-12H,1-8H2,(H,19,20). The van der Waals surface area contributed by atoms with E-state index in [2.05, 4.69) is 0 Å². The summed E-state index contributed by atoms with van der Waals surface area (Å²) in [6.45, 7) is 0. The summed E-state index contributed by atoms with van der Waals surface area (Å²) in [6, 6.07) is 0.0174. The minimum atomic E-state index is -0.925. The zero-order valence-electron chi connectivity index (χ0n) is 11.6. The van der Waals surface area contributed by atoms with E-state index >= 15 is 0 Å². The monoisotopic (exact) mass is 279 g/mol. The van der Waals surface area contributed by atoms with E-state index < -0.39 is 17.8 Å². The van der Waals surface area contributed by atoms with Gasteiger partial charge in [0.25, 0.3) is 0 Å². The second kappa shape index (κ2) is 5.19. The summed E-state index contributed by atoms with van der Waals surface area (Å²) in [7, 11) is 0. The molecule has 0 bridgehead atoms. The normalized spacial score (nSPS) is 35.2. The Morgan fingerprint density at radius 3 is 2.30 bits per heavy atom. The summed E-state index contributed by atoms with van der Waals surface area (Å²) in [4.78, 5) is 37.9. The van der Waals surface area contributed by atoms with Gasteiger partial charge in [0.05, 0.1) is 17.8 Å². The first kappa shape index (κ1) is 13.6. The van der Waals surface area contributed by atoms with Gasteiger partial charge in [-0.3, -0.25) is 19.3 Å². The Morgan fingerprint density at radius 2 is 1.65 bits per heavy atom. The maximum absolute atomic E-state index is 12.6. The average Bonchev–Trinajstić information content (AvgIpc) is 2.72. The van der Waals surface area contributed by atoms with Gasteiger partial charge in [0, 0.05) is 6.04 Å². The molecule has 0 spiro atoms. The number of hydrogen-bond donors (Lipinski definition) is 1. The highest BCUT2D eigenvalue weighted by molar-refractivity contribution is 6.07. The molecule has 0 radical (unpaired) electrons. The van der Waals surface area contributed by atoms with Crippen LogP contribution in [0.25, 0.3) is 0 Å². The highest BCUT2D eigenvalue weighted by atomic mass is 16.4. The van der Waals surface area contributed by atoms with Gasteiger partial charge in [0.1, 0.15) is 0 Å². The van der Waals surface area contributed by atoms with E-state index in [4.69, 9.17) is 0 Å². The molecular formula is C15H21NO4. The van der Waals surface area contributed by atoms with E-state index in [1.165, 1.54) is 4.90 Å². The molecular weight excluding hydrogens is 258 g/mol. The molecule has 110 valence electrons. The molecule has 3 fully saturated rings. The van der Waals surface area contributed by atoms with Crippen molar-refractivity contribution in [1.29, 1.82) is 0 Å². The molecule has 1 heterocycles. The SMILES string of the molecule is O=C(O)C1CCCC2C(=O)N(C3CCCCC3)C(=O)C12. The van der Waals surface area contributed by atoms with Crippen molar-refractivity contribution in [1.82, 2.24) is 4.90 Å². The molecule has 5 nitrogen and oxygen atoms in total. The van der Waals surface area contributed by atoms with Crippen LogP contribution in [0.1, 0.15) is 51.4 Å². The number of carboxylic acid groups (broad SMARTS) is 1. The molecule has 20 heavy (non-hydrogen) atoms. The average molecular weight is 279 g/mol. The van der Waals surface area contributed by atoms with E-state index in [0.29, 0.717) is 12.8 Å². The van der Waals surface area contributed by atoms with E-state index in [0.717, 1.165) is 38.5 Å². The molecule has 1 aliphatic heterocycles. The number of rotatable bonds is 2. The van der Waals surface area contributed by atoms with Crippen LogP contribution in [-0.2, 0) is 14.4 Å². The lowest BCUT2D eigenvalue weighted by Crippen LogP contribution is -2.42. The number of nitrogens with zero attached hydrogens (tertiary/aromatic N) is 1. The third-order valence-electron chi connectivity index (χ3n) is 5.23. The smallest absolute Gasteiger partial charge is 0.307 e. The molecule has 3 aliphatic rings. The van der Waals surface area contributed by atoms with Crippen LogP contribution in [0.4, 0.5) is 0 Å². The number of likely N-dealkylation sites (tertiary alicyclic amines) is 1. The summed E-state index contributed by atoms with van der Waals surface area (Å²) in [5, 5.41) is 9.30. The van der Waals surface area contributed by atoms with Gasteiger partial charge in [0.2, 0.25) is 11.8 Å². The number of hydrogen-bond acceptors (Lipinski definition) is 3. The molecule has 5 heteroatoms. The molecule has 2 amide bonds. The minimum absolute atomic E-state index is 0.0174. The number of carboxylic acids is 1. The van der Waals surface area contributed by atoms with Gasteiger partial charge in [-0.25, -0.2) is 0 Å². The van der Waals surface area contributed by atoms with Crippen molar-refractivity contribution in [2.24, 2.45) is 17.8 Å². The van der Waals surface area contributed by atoms with E-state index in [1.54, 1.807) is 0 Å². The molecule has 0 aromatic carbocycles. The Balaban J connectivity index is 1.86. The predicted octanol–water partition coefficient (Wildman–Crippen LogP) is 1.80. The molecule has 3 rings (SSSR count). The van der Waals surface area contributed by atoms with Crippen molar-refractivity contribution >= 4 is 17.8 Å². The maximum atomic E-state index is 12.6. The van der Waals surface area contributed by atoms with Gasteiger partial charge in [-0.1, -0.05) is 25.7 Å². The number of fused-ring (bicyclic) bond motifs is 1. The Hall–Kier alpha value is -1.39. The molecule has 1 saturated heterocycles. The van der Waals surface area contributed by atoms with Gasteiger partial charge >= 0.3 is 5.97 Å². The third kappa shape index (κ3) is 2.03. The van der Waals surface area contributed by atoms with Gasteiger partial charge in [-0.2, -0.15) is 0 Å². The molecule has 2 aliphatic carbocycles. The first-order valence-corrected chi connectivity index (χ1v) is 7.71. The van der Waals surface area contributed by atoms with E-state index in [1.807, 2.05) is 0 Å². The van der Waals surface area contributed by atoms with Crippen molar-refractivity contribution in [3.63, 3.8) is 0 Å². The van der Waals surface area contributed by atoms with Crippen molar-refractivity contribution in [3.8, 4) is 0 Å². The summed E-state index contributed by atoms with van der Waals surface area (Å²) >= 11 is 0. The van der Waals surface area contributed by atoms with Gasteiger partial charge in [-0.05, 0) is 25.7 Å². The van der Waals surface area contributed by atoms with Crippen LogP contribution in [0, 0.1) is 17.8 Å². The van der Waals surface area contributed by atoms with Gasteiger partial charge in [-0.15, -0.1) is 0 Å². The van der Waals surface area contributed by atoms with Crippen LogP contribution < -0.4 is 0 Å². The van der Waals surface area contributed by atoms with Crippen LogP contribution in [0.2, 0.25) is 0 Å². The largest absolute Gasteiger partial charge is 0.481 e. The summed E-state index contributed by atoms with van der Waals surface area (Å²) < 4.78 is 0. The molecule has 3 unspecified atom stereocenters. The summed E-state index contributed by atoms with van der Waals surface area (Å²) in [5.74, 6) is -2.88. The number of amides is 2. The zero-order chi connectivity index (χ0) is 14.3. The molecule has 2 saturated carbocycles. The fourth-order valence-corrected chi connectivity index (χ4v) is 4.24. The number of imide groups is 1. The van der Waals surface area contributed by atoms with Gasteiger partial charge in [0.15, 0.2) is 0 Å². The number of carbonyl (C=O) groups is 3. The van der Waals surface area contributed by atoms with Crippen LogP contribution in [0.5, 0.6) is 0 Å². The van der Waals surface area contributed by atoms with Crippen LogP contribution in [0.15, 0.2) is 0 Å². The predicted molar refractivity (Wildman–Crippen MR) is 70.7 cm³/mol. The number of carbonyl (C=O) groups excluding carboxylic acids is 2. The zero-order valence-corrected chi connectivity index (χ0v) is 11.6. The molecule has 3 atom stereocenters. The lowest BCUT2D eigenvalue weighted by molar-refractivity contribution is -0.151. The number of aliphatic carboxylic acids is 1. The van der Waals surface area contributed by atoms with Crippen LogP contribution >= 0.6 is 0 Å². The third-order valence-corrected chi connectivity index (χ3v) is 5.23. The van der Waals surface area contributed by atoms with Crippen molar-refractivity contribution < 1.29 is 19.5 Å². The fourth-order valence-electron chi connectivity index (χ4n) is 4.24. The Morgan fingerprint density at radius 1 is 0.950 bits per heavy atom. The van der Waals surface area contributed by atoms with Crippen molar-refractivity contribution in [2.75, 3.05) is 0 Å². The van der Waals surface area contributed by atoms with Crippen molar-refractivity contribution in [3.05, 3.63) is 0 Å². The fraction of sp³-hybridized carbons (Fsp3) is 0.800. The first-order chi connectivity index (χ1) is 9.61. The Labute approximate surface area is 118 Å². The molecule has 0 aromatic rings. The topological polar surface area (TPSA) is 74.7 Å². The van der Waals surface area contributed by atoms with Crippen LogP contribution in [0.3, 0.4) is 0 Å². The van der Waals surface area contributed by atoms with Gasteiger partial charge < -0.3 is 5.11 Å². The highest BCUT2D eigenvalue weighted by Crippen LogP contribution is 2.43. The lowest BCUT2D eigenvalue weighted by atomic mass is 9.73. The lowest BCUT2D eigenvalue weighted by Gasteiger charge is -2.30. The second-order valence-electron chi connectivity index (χ2n) is 6.35. The summed E-state index contributed by atoms with van der Waals surface area (Å²) in [6.07, 6.45) is 6.96. The molecule has 1 N–H and O–H groups in total.